The predicted molar refractivity (Wildman–Crippen MR) is 58.6 cm³/mol. The molecular formula is C12H17NO2. The van der Waals surface area contributed by atoms with Crippen LogP contribution in [0.1, 0.15) is 29.5 Å². The van der Waals surface area contributed by atoms with E-state index in [9.17, 15) is 0 Å². The molecule has 1 fully saturated rings. The largest absolute Gasteiger partial charge is 0.394 e. The van der Waals surface area contributed by atoms with Gasteiger partial charge in [-0.25, -0.2) is 0 Å². The lowest BCUT2D eigenvalue weighted by Crippen LogP contribution is -2.14. The van der Waals surface area contributed by atoms with E-state index in [2.05, 4.69) is 12.1 Å². The molecule has 2 atom stereocenters. The summed E-state index contributed by atoms with van der Waals surface area (Å²) in [7, 11) is 0. The first-order chi connectivity index (χ1) is 7.31. The SMILES string of the molecule is NC(CO)c1cccc(C2CCOC2)c1. The van der Waals surface area contributed by atoms with Crippen molar-refractivity contribution in [1.82, 2.24) is 0 Å². The Hall–Kier alpha value is -0.900. The Bertz CT molecular complexity index is 321. The van der Waals surface area contributed by atoms with Crippen molar-refractivity contribution in [3.63, 3.8) is 0 Å². The molecule has 0 aliphatic carbocycles. The fourth-order valence-electron chi connectivity index (χ4n) is 1.95. The quantitative estimate of drug-likeness (QED) is 0.782. The third-order valence-electron chi connectivity index (χ3n) is 2.94. The number of rotatable bonds is 3. The van der Waals surface area contributed by atoms with E-state index >= 15 is 0 Å². The van der Waals surface area contributed by atoms with E-state index in [0.29, 0.717) is 5.92 Å². The summed E-state index contributed by atoms with van der Waals surface area (Å²) in [5.74, 6) is 0.496. The summed E-state index contributed by atoms with van der Waals surface area (Å²) in [5.41, 5.74) is 8.05. The minimum absolute atomic E-state index is 0.00931. The molecule has 0 saturated carbocycles. The lowest BCUT2D eigenvalue weighted by Gasteiger charge is -2.13. The minimum atomic E-state index is -0.271. The second-order valence-corrected chi connectivity index (χ2v) is 4.02. The molecule has 2 unspecified atom stereocenters. The number of aliphatic hydroxyl groups is 1. The van der Waals surface area contributed by atoms with Crippen LogP contribution in [0.2, 0.25) is 0 Å². The van der Waals surface area contributed by atoms with Crippen LogP contribution in [-0.4, -0.2) is 24.9 Å². The molecule has 3 heteroatoms. The normalized spacial score (nSPS) is 22.9. The molecule has 0 spiro atoms. The summed E-state index contributed by atoms with van der Waals surface area (Å²) in [6, 6.07) is 7.87. The number of nitrogens with two attached hydrogens (primary N) is 1. The van der Waals surface area contributed by atoms with Crippen LogP contribution in [0.3, 0.4) is 0 Å². The third-order valence-corrected chi connectivity index (χ3v) is 2.94. The summed E-state index contributed by atoms with van der Waals surface area (Å²) in [6.45, 7) is 1.64. The number of ether oxygens (including phenoxy) is 1. The van der Waals surface area contributed by atoms with Crippen molar-refractivity contribution >= 4 is 0 Å². The van der Waals surface area contributed by atoms with Gasteiger partial charge in [0.15, 0.2) is 0 Å². The first kappa shape index (κ1) is 10.6. The summed E-state index contributed by atoms with van der Waals surface area (Å²) in [4.78, 5) is 0. The maximum atomic E-state index is 8.99. The van der Waals surface area contributed by atoms with Gasteiger partial charge in [-0.3, -0.25) is 0 Å². The lowest BCUT2D eigenvalue weighted by molar-refractivity contribution is 0.194. The molecule has 0 bridgehead atoms. The van der Waals surface area contributed by atoms with Crippen molar-refractivity contribution in [2.75, 3.05) is 19.8 Å². The van der Waals surface area contributed by atoms with Gasteiger partial charge in [0.1, 0.15) is 0 Å². The summed E-state index contributed by atoms with van der Waals surface area (Å²) in [5, 5.41) is 8.99. The highest BCUT2D eigenvalue weighted by Gasteiger charge is 2.18. The molecule has 0 amide bonds. The van der Waals surface area contributed by atoms with Crippen molar-refractivity contribution < 1.29 is 9.84 Å². The molecule has 3 N–H and O–H groups in total. The molecule has 3 nitrogen and oxygen atoms in total. The molecule has 82 valence electrons. The smallest absolute Gasteiger partial charge is 0.0624 e. The predicted octanol–water partition coefficient (Wildman–Crippen LogP) is 1.18. The monoisotopic (exact) mass is 207 g/mol. The highest BCUT2D eigenvalue weighted by Crippen LogP contribution is 2.26. The minimum Gasteiger partial charge on any atom is -0.394 e. The zero-order valence-corrected chi connectivity index (χ0v) is 8.73. The number of hydrogen-bond donors (Lipinski definition) is 2. The average molecular weight is 207 g/mol. The van der Waals surface area contributed by atoms with E-state index < -0.39 is 0 Å². The summed E-state index contributed by atoms with van der Waals surface area (Å²) in [6.07, 6.45) is 1.08. The van der Waals surface area contributed by atoms with Crippen LogP contribution < -0.4 is 5.73 Å². The van der Waals surface area contributed by atoms with Crippen LogP contribution in [0.4, 0.5) is 0 Å². The van der Waals surface area contributed by atoms with E-state index in [1.807, 2.05) is 12.1 Å². The Kier molecular flexibility index (Phi) is 3.36. The van der Waals surface area contributed by atoms with Gasteiger partial charge in [0.05, 0.1) is 19.3 Å². The van der Waals surface area contributed by atoms with E-state index in [1.54, 1.807) is 0 Å². The summed E-state index contributed by atoms with van der Waals surface area (Å²) >= 11 is 0. The van der Waals surface area contributed by atoms with Crippen LogP contribution in [0, 0.1) is 0 Å². The van der Waals surface area contributed by atoms with Gasteiger partial charge in [-0.1, -0.05) is 24.3 Å². The van der Waals surface area contributed by atoms with Crippen LogP contribution in [0.15, 0.2) is 24.3 Å². The van der Waals surface area contributed by atoms with Crippen LogP contribution >= 0.6 is 0 Å². The van der Waals surface area contributed by atoms with Gasteiger partial charge in [-0.15, -0.1) is 0 Å². The zero-order chi connectivity index (χ0) is 10.7. The lowest BCUT2D eigenvalue weighted by atomic mass is 9.95. The van der Waals surface area contributed by atoms with Crippen molar-refractivity contribution in [3.8, 4) is 0 Å². The number of benzene rings is 1. The molecule has 1 aromatic rings. The highest BCUT2D eigenvalue weighted by atomic mass is 16.5. The molecule has 1 aliphatic heterocycles. The van der Waals surface area contributed by atoms with Crippen LogP contribution in [-0.2, 0) is 4.74 Å². The topological polar surface area (TPSA) is 55.5 Å². The van der Waals surface area contributed by atoms with Crippen molar-refractivity contribution in [2.24, 2.45) is 5.73 Å². The van der Waals surface area contributed by atoms with E-state index in [4.69, 9.17) is 15.6 Å². The Labute approximate surface area is 89.9 Å². The third kappa shape index (κ3) is 2.37. The maximum absolute atomic E-state index is 8.99. The van der Waals surface area contributed by atoms with Gasteiger partial charge >= 0.3 is 0 Å². The van der Waals surface area contributed by atoms with Crippen molar-refractivity contribution in [3.05, 3.63) is 35.4 Å². The van der Waals surface area contributed by atoms with E-state index in [1.165, 1.54) is 5.56 Å². The number of hydrogen-bond acceptors (Lipinski definition) is 3. The molecule has 1 aliphatic rings. The average Bonchev–Trinajstić information content (AvgIpc) is 2.82. The van der Waals surface area contributed by atoms with Gasteiger partial charge < -0.3 is 15.6 Å². The van der Waals surface area contributed by atoms with Crippen molar-refractivity contribution in [2.45, 2.75) is 18.4 Å². The fraction of sp³-hybridized carbons (Fsp3) is 0.500. The molecule has 0 aromatic heterocycles. The van der Waals surface area contributed by atoms with E-state index in [-0.39, 0.29) is 12.6 Å². The number of aliphatic hydroxyl groups excluding tert-OH is 1. The van der Waals surface area contributed by atoms with Gasteiger partial charge in [-0.2, -0.15) is 0 Å². The Morgan fingerprint density at radius 2 is 2.40 bits per heavy atom. The van der Waals surface area contributed by atoms with Gasteiger partial charge in [0.25, 0.3) is 0 Å². The Morgan fingerprint density at radius 1 is 1.53 bits per heavy atom. The van der Waals surface area contributed by atoms with Crippen LogP contribution in [0.5, 0.6) is 0 Å². The fourth-order valence-corrected chi connectivity index (χ4v) is 1.95. The van der Waals surface area contributed by atoms with E-state index in [0.717, 1.165) is 25.2 Å². The molecule has 2 rings (SSSR count). The van der Waals surface area contributed by atoms with Gasteiger partial charge in [0, 0.05) is 12.5 Å². The molecular weight excluding hydrogens is 190 g/mol. The highest BCUT2D eigenvalue weighted by molar-refractivity contribution is 5.29. The molecule has 15 heavy (non-hydrogen) atoms. The zero-order valence-electron chi connectivity index (χ0n) is 8.73. The van der Waals surface area contributed by atoms with Gasteiger partial charge in [0.2, 0.25) is 0 Å². The van der Waals surface area contributed by atoms with Gasteiger partial charge in [-0.05, 0) is 17.5 Å². The van der Waals surface area contributed by atoms with Crippen molar-refractivity contribution in [1.29, 1.82) is 0 Å². The second-order valence-electron chi connectivity index (χ2n) is 4.02. The maximum Gasteiger partial charge on any atom is 0.0624 e. The second kappa shape index (κ2) is 4.75. The molecule has 0 radical (unpaired) electrons. The summed E-state index contributed by atoms with van der Waals surface area (Å²) < 4.78 is 5.36. The Morgan fingerprint density at radius 3 is 3.07 bits per heavy atom. The standard InChI is InChI=1S/C12H17NO2/c13-12(7-14)10-3-1-2-9(6-10)11-4-5-15-8-11/h1-3,6,11-12,14H,4-5,7-8,13H2. The molecule has 1 saturated heterocycles. The first-order valence-electron chi connectivity index (χ1n) is 5.35. The van der Waals surface area contributed by atoms with Crippen LogP contribution in [0.25, 0.3) is 0 Å². The molecule has 1 heterocycles. The Balaban J connectivity index is 2.18. The molecule has 1 aromatic carbocycles. The first-order valence-corrected chi connectivity index (χ1v) is 5.35.